The lowest BCUT2D eigenvalue weighted by atomic mass is 9.97. The number of aliphatic hydroxyl groups excluding tert-OH is 1. The van der Waals surface area contributed by atoms with E-state index in [0.717, 1.165) is 27.8 Å². The normalized spacial score (nSPS) is 11.6. The van der Waals surface area contributed by atoms with Crippen LogP contribution in [-0.2, 0) is 24.6 Å². The first-order valence-corrected chi connectivity index (χ1v) is 13.2. The number of carboxylic acid groups (broad SMARTS) is 1. The highest BCUT2D eigenvalue weighted by molar-refractivity contribution is 5.86. The van der Waals surface area contributed by atoms with Gasteiger partial charge in [-0.15, -0.1) is 0 Å². The third-order valence-electron chi connectivity index (χ3n) is 6.96. The Hall–Kier alpha value is -5.24. The summed E-state index contributed by atoms with van der Waals surface area (Å²) in [5.41, 5.74) is 6.82. The molecule has 0 fully saturated rings. The molecule has 0 aliphatic rings. The number of hydrogen-bond acceptors (Lipinski definition) is 9. The Morgan fingerprint density at radius 3 is 2.43 bits per heavy atom. The molecule has 1 heterocycles. The lowest BCUT2D eigenvalue weighted by Crippen LogP contribution is -2.39. The maximum absolute atomic E-state index is 11.5. The smallest absolute Gasteiger partial charge is 0.323 e. The average Bonchev–Trinajstić information content (AvgIpc) is 3.51. The van der Waals surface area contributed by atoms with Crippen molar-refractivity contribution < 1.29 is 29.1 Å². The Kier molecular flexibility index (Phi) is 8.72. The summed E-state index contributed by atoms with van der Waals surface area (Å²) in [6.45, 7) is 1.86. The molecule has 0 saturated heterocycles. The van der Waals surface area contributed by atoms with Gasteiger partial charge in [0.2, 0.25) is 0 Å². The molecule has 0 aliphatic carbocycles. The van der Waals surface area contributed by atoms with Gasteiger partial charge in [-0.05, 0) is 57.2 Å². The fraction of sp³-hybridized carbons (Fsp3) is 0.188. The number of nitriles is 1. The van der Waals surface area contributed by atoms with E-state index >= 15 is 0 Å². The molecule has 0 bridgehead atoms. The Morgan fingerprint density at radius 1 is 0.976 bits per heavy atom. The molecular weight excluding hydrogens is 536 g/mol. The van der Waals surface area contributed by atoms with Gasteiger partial charge < -0.3 is 19.7 Å². The van der Waals surface area contributed by atoms with Crippen LogP contribution in [0.3, 0.4) is 0 Å². The summed E-state index contributed by atoms with van der Waals surface area (Å²) in [7, 11) is 0. The Labute approximate surface area is 241 Å². The topological polar surface area (TPSA) is 151 Å². The van der Waals surface area contributed by atoms with Crippen LogP contribution in [0.2, 0.25) is 0 Å². The second-order valence-corrected chi connectivity index (χ2v) is 9.61. The molecule has 1 unspecified atom stereocenters. The van der Waals surface area contributed by atoms with E-state index in [2.05, 4.69) is 46.8 Å². The number of nitrogens with one attached hydrogen (secondary N) is 1. The lowest BCUT2D eigenvalue weighted by molar-refractivity contribution is -0.140. The Morgan fingerprint density at radius 2 is 1.71 bits per heavy atom. The first kappa shape index (κ1) is 28.3. The predicted molar refractivity (Wildman–Crippen MR) is 154 cm³/mol. The molecule has 0 aliphatic heterocycles. The van der Waals surface area contributed by atoms with Crippen molar-refractivity contribution >= 4 is 17.0 Å². The van der Waals surface area contributed by atoms with E-state index in [1.54, 1.807) is 30.3 Å². The quantitative estimate of drug-likeness (QED) is 0.193. The monoisotopic (exact) mass is 564 g/mol. The van der Waals surface area contributed by atoms with E-state index in [-0.39, 0.29) is 19.8 Å². The van der Waals surface area contributed by atoms with Crippen LogP contribution in [0.5, 0.6) is 11.5 Å². The van der Waals surface area contributed by atoms with Crippen molar-refractivity contribution in [3.05, 3.63) is 107 Å². The first-order chi connectivity index (χ1) is 20.5. The number of aromatic nitrogens is 2. The Balaban J connectivity index is 1.46. The molecule has 5 aromatic rings. The van der Waals surface area contributed by atoms with E-state index in [9.17, 15) is 15.0 Å². The third kappa shape index (κ3) is 6.23. The van der Waals surface area contributed by atoms with Crippen molar-refractivity contribution in [3.8, 4) is 28.7 Å². The van der Waals surface area contributed by atoms with Gasteiger partial charge in [-0.2, -0.15) is 5.26 Å². The van der Waals surface area contributed by atoms with Crippen LogP contribution in [-0.4, -0.2) is 39.1 Å². The minimum Gasteiger partial charge on any atom is -0.488 e. The van der Waals surface area contributed by atoms with E-state index < -0.39 is 18.6 Å². The average molecular weight is 565 g/mol. The number of fused-ring (bicyclic) bond motifs is 1. The van der Waals surface area contributed by atoms with Gasteiger partial charge >= 0.3 is 5.97 Å². The van der Waals surface area contributed by atoms with Crippen LogP contribution in [0.4, 0.5) is 0 Å². The predicted octanol–water partition coefficient (Wildman–Crippen LogP) is 4.76. The van der Waals surface area contributed by atoms with Crippen LogP contribution in [0.1, 0.15) is 27.8 Å². The summed E-state index contributed by atoms with van der Waals surface area (Å²) in [5, 5.41) is 38.9. The molecule has 10 heteroatoms. The zero-order valence-corrected chi connectivity index (χ0v) is 22.8. The van der Waals surface area contributed by atoms with Crippen LogP contribution in [0.15, 0.2) is 83.5 Å². The highest BCUT2D eigenvalue weighted by Crippen LogP contribution is 2.36. The standard InChI is InChI=1S/C32H28N4O6/c1-20-24(8-5-9-25(20)23-6-3-2-4-7-23)19-41-29-14-28(40-18-22-12-10-21(15-33)11-13-22)26(30-31(29)36-42-35-30)16-34-27(17-37)32(38)39/h2-14,27,34,37H,16-19H2,1H3,(H,38,39). The number of benzene rings is 4. The molecular formula is C32H28N4O6. The maximum atomic E-state index is 11.5. The number of carbonyl (C=O) groups is 1. The summed E-state index contributed by atoms with van der Waals surface area (Å²) in [4.78, 5) is 11.5. The van der Waals surface area contributed by atoms with Crippen molar-refractivity contribution in [2.45, 2.75) is 32.7 Å². The van der Waals surface area contributed by atoms with Gasteiger partial charge in [0.15, 0.2) is 11.3 Å². The van der Waals surface area contributed by atoms with Crippen molar-refractivity contribution in [2.75, 3.05) is 6.61 Å². The van der Waals surface area contributed by atoms with Gasteiger partial charge in [0.1, 0.15) is 30.5 Å². The van der Waals surface area contributed by atoms with Gasteiger partial charge in [0, 0.05) is 18.2 Å². The molecule has 0 radical (unpaired) electrons. The minimum absolute atomic E-state index is 0.00343. The fourth-order valence-corrected chi connectivity index (χ4v) is 4.57. The first-order valence-electron chi connectivity index (χ1n) is 13.2. The molecule has 5 rings (SSSR count). The molecule has 0 amide bonds. The Bertz CT molecular complexity index is 1730. The zero-order valence-electron chi connectivity index (χ0n) is 22.8. The summed E-state index contributed by atoms with van der Waals surface area (Å²) < 4.78 is 17.5. The van der Waals surface area contributed by atoms with Crippen molar-refractivity contribution in [1.82, 2.24) is 15.6 Å². The molecule has 0 saturated carbocycles. The summed E-state index contributed by atoms with van der Waals surface area (Å²) in [6.07, 6.45) is 0. The highest BCUT2D eigenvalue weighted by Gasteiger charge is 2.22. The maximum Gasteiger partial charge on any atom is 0.323 e. The van der Waals surface area contributed by atoms with Crippen LogP contribution in [0, 0.1) is 18.3 Å². The second kappa shape index (κ2) is 13.0. The lowest BCUT2D eigenvalue weighted by Gasteiger charge is -2.17. The molecule has 3 N–H and O–H groups in total. The van der Waals surface area contributed by atoms with E-state index in [4.69, 9.17) is 19.4 Å². The number of ether oxygens (including phenoxy) is 2. The second-order valence-electron chi connectivity index (χ2n) is 9.61. The highest BCUT2D eigenvalue weighted by atomic mass is 16.6. The number of hydrogen-bond donors (Lipinski definition) is 3. The van der Waals surface area contributed by atoms with Gasteiger partial charge in [0.25, 0.3) is 0 Å². The molecule has 0 spiro atoms. The van der Waals surface area contributed by atoms with Gasteiger partial charge in [-0.3, -0.25) is 10.1 Å². The number of carboxylic acids is 1. The zero-order chi connectivity index (χ0) is 29.5. The molecule has 1 atom stereocenters. The molecule has 10 nitrogen and oxygen atoms in total. The third-order valence-corrected chi connectivity index (χ3v) is 6.96. The molecule has 42 heavy (non-hydrogen) atoms. The van der Waals surface area contributed by atoms with E-state index in [1.165, 1.54) is 0 Å². The van der Waals surface area contributed by atoms with Gasteiger partial charge in [-0.1, -0.05) is 60.7 Å². The molecule has 212 valence electrons. The number of aliphatic hydroxyl groups is 1. The van der Waals surface area contributed by atoms with Crippen molar-refractivity contribution in [1.29, 1.82) is 5.26 Å². The SMILES string of the molecule is Cc1c(COc2cc(OCc3ccc(C#N)cc3)c(CNC(CO)C(=O)O)c3nonc23)cccc1-c1ccccc1. The summed E-state index contributed by atoms with van der Waals surface area (Å²) in [5.74, 6) is -0.437. The van der Waals surface area contributed by atoms with Crippen LogP contribution in [0.25, 0.3) is 22.2 Å². The molecule has 1 aromatic heterocycles. The van der Waals surface area contributed by atoms with Crippen LogP contribution >= 0.6 is 0 Å². The van der Waals surface area contributed by atoms with Crippen LogP contribution < -0.4 is 14.8 Å². The largest absolute Gasteiger partial charge is 0.488 e. The molecule has 4 aromatic carbocycles. The number of nitrogens with zero attached hydrogens (tertiary/aromatic N) is 3. The van der Waals surface area contributed by atoms with E-state index in [0.29, 0.717) is 33.7 Å². The minimum atomic E-state index is -1.19. The number of aliphatic carboxylic acids is 1. The van der Waals surface area contributed by atoms with Gasteiger partial charge in [0.05, 0.1) is 18.2 Å². The van der Waals surface area contributed by atoms with Crippen molar-refractivity contribution in [2.24, 2.45) is 0 Å². The van der Waals surface area contributed by atoms with Crippen molar-refractivity contribution in [3.63, 3.8) is 0 Å². The van der Waals surface area contributed by atoms with E-state index in [1.807, 2.05) is 30.3 Å². The number of rotatable bonds is 12. The fourth-order valence-electron chi connectivity index (χ4n) is 4.57. The summed E-state index contributed by atoms with van der Waals surface area (Å²) >= 11 is 0. The summed E-state index contributed by atoms with van der Waals surface area (Å²) in [6, 6.07) is 25.7. The van der Waals surface area contributed by atoms with Gasteiger partial charge in [-0.25, -0.2) is 4.63 Å².